The SMILES string of the molecule is O=C(O)/C=C/c1ccncc1F. The van der Waals surface area contributed by atoms with Gasteiger partial charge in [0.05, 0.1) is 6.20 Å². The van der Waals surface area contributed by atoms with Crippen molar-refractivity contribution in [2.24, 2.45) is 0 Å². The zero-order valence-corrected chi connectivity index (χ0v) is 6.07. The second-order valence-corrected chi connectivity index (χ2v) is 2.07. The largest absolute Gasteiger partial charge is 0.478 e. The normalized spacial score (nSPS) is 10.4. The second kappa shape index (κ2) is 3.61. The molecule has 0 aliphatic carbocycles. The third kappa shape index (κ3) is 2.16. The molecule has 62 valence electrons. The molecular formula is C8H6FNO2. The lowest BCUT2D eigenvalue weighted by Crippen LogP contribution is -1.87. The van der Waals surface area contributed by atoms with E-state index >= 15 is 0 Å². The Hall–Kier alpha value is -1.71. The zero-order valence-electron chi connectivity index (χ0n) is 6.07. The first-order valence-corrected chi connectivity index (χ1v) is 3.20. The topological polar surface area (TPSA) is 50.2 Å². The van der Waals surface area contributed by atoms with Gasteiger partial charge in [0, 0.05) is 17.8 Å². The summed E-state index contributed by atoms with van der Waals surface area (Å²) in [5, 5.41) is 8.24. The van der Waals surface area contributed by atoms with Gasteiger partial charge in [0.1, 0.15) is 5.82 Å². The number of carbonyl (C=O) groups is 1. The summed E-state index contributed by atoms with van der Waals surface area (Å²) >= 11 is 0. The number of halogens is 1. The average Bonchev–Trinajstić information content (AvgIpc) is 2.03. The fourth-order valence-electron chi connectivity index (χ4n) is 0.682. The molecule has 0 amide bonds. The van der Waals surface area contributed by atoms with Crippen LogP contribution in [0.25, 0.3) is 6.08 Å². The fraction of sp³-hybridized carbons (Fsp3) is 0. The van der Waals surface area contributed by atoms with Crippen LogP contribution in [0.15, 0.2) is 24.5 Å². The molecule has 12 heavy (non-hydrogen) atoms. The third-order valence-electron chi connectivity index (χ3n) is 1.21. The molecule has 0 saturated carbocycles. The first kappa shape index (κ1) is 8.39. The monoisotopic (exact) mass is 167 g/mol. The van der Waals surface area contributed by atoms with Gasteiger partial charge in [0.2, 0.25) is 0 Å². The van der Waals surface area contributed by atoms with Crippen molar-refractivity contribution in [1.29, 1.82) is 0 Å². The summed E-state index contributed by atoms with van der Waals surface area (Å²) in [6.45, 7) is 0. The Morgan fingerprint density at radius 3 is 3.00 bits per heavy atom. The van der Waals surface area contributed by atoms with Crippen molar-refractivity contribution in [3.05, 3.63) is 35.9 Å². The molecule has 0 aromatic carbocycles. The molecule has 0 atom stereocenters. The van der Waals surface area contributed by atoms with Gasteiger partial charge >= 0.3 is 5.97 Å². The van der Waals surface area contributed by atoms with Crippen LogP contribution in [0.5, 0.6) is 0 Å². The maximum absolute atomic E-state index is 12.7. The Balaban J connectivity index is 2.89. The van der Waals surface area contributed by atoms with Gasteiger partial charge < -0.3 is 5.11 Å². The van der Waals surface area contributed by atoms with E-state index in [0.29, 0.717) is 0 Å². The molecule has 3 nitrogen and oxygen atoms in total. The summed E-state index contributed by atoms with van der Waals surface area (Å²) in [5.74, 6) is -1.64. The highest BCUT2D eigenvalue weighted by Crippen LogP contribution is 2.05. The van der Waals surface area contributed by atoms with Crippen LogP contribution in [-0.2, 0) is 4.79 Å². The molecular weight excluding hydrogens is 161 g/mol. The van der Waals surface area contributed by atoms with Gasteiger partial charge in [0.25, 0.3) is 0 Å². The minimum atomic E-state index is -1.11. The van der Waals surface area contributed by atoms with Crippen LogP contribution in [0.3, 0.4) is 0 Å². The quantitative estimate of drug-likeness (QED) is 0.676. The van der Waals surface area contributed by atoms with Crippen LogP contribution in [-0.4, -0.2) is 16.1 Å². The van der Waals surface area contributed by atoms with Crippen molar-refractivity contribution in [1.82, 2.24) is 4.98 Å². The molecule has 1 aromatic rings. The Labute approximate surface area is 68.2 Å². The molecule has 4 heteroatoms. The predicted molar refractivity (Wildman–Crippen MR) is 40.9 cm³/mol. The van der Waals surface area contributed by atoms with Gasteiger partial charge in [-0.25, -0.2) is 9.18 Å². The molecule has 0 radical (unpaired) electrons. The molecule has 0 bridgehead atoms. The van der Waals surface area contributed by atoms with Crippen LogP contribution in [0.4, 0.5) is 4.39 Å². The number of carboxylic acid groups (broad SMARTS) is 1. The minimum Gasteiger partial charge on any atom is -0.478 e. The van der Waals surface area contributed by atoms with E-state index in [-0.39, 0.29) is 5.56 Å². The summed E-state index contributed by atoms with van der Waals surface area (Å²) in [6, 6.07) is 1.40. The number of pyridine rings is 1. The van der Waals surface area contributed by atoms with Crippen molar-refractivity contribution in [2.45, 2.75) is 0 Å². The highest BCUT2D eigenvalue weighted by atomic mass is 19.1. The standard InChI is InChI=1S/C8H6FNO2/c9-7-5-10-4-3-6(7)1-2-8(11)12/h1-5H,(H,11,12)/b2-1+. The van der Waals surface area contributed by atoms with Crippen LogP contribution >= 0.6 is 0 Å². The van der Waals surface area contributed by atoms with E-state index in [1.165, 1.54) is 18.3 Å². The smallest absolute Gasteiger partial charge is 0.328 e. The maximum Gasteiger partial charge on any atom is 0.328 e. The number of aromatic nitrogens is 1. The summed E-state index contributed by atoms with van der Waals surface area (Å²) in [5.41, 5.74) is 0.215. The average molecular weight is 167 g/mol. The zero-order chi connectivity index (χ0) is 8.97. The molecule has 0 aliphatic rings. The number of nitrogens with zero attached hydrogens (tertiary/aromatic N) is 1. The predicted octanol–water partition coefficient (Wildman–Crippen LogP) is 1.32. The first-order chi connectivity index (χ1) is 5.70. The molecule has 1 aromatic heterocycles. The van der Waals surface area contributed by atoms with E-state index in [9.17, 15) is 9.18 Å². The van der Waals surface area contributed by atoms with Crippen LogP contribution in [0.2, 0.25) is 0 Å². The van der Waals surface area contributed by atoms with Crippen molar-refractivity contribution in [3.63, 3.8) is 0 Å². The van der Waals surface area contributed by atoms with E-state index in [0.717, 1.165) is 12.3 Å². The van der Waals surface area contributed by atoms with Crippen molar-refractivity contribution in [2.75, 3.05) is 0 Å². The summed E-state index contributed by atoms with van der Waals surface area (Å²) in [6.07, 6.45) is 4.48. The highest BCUT2D eigenvalue weighted by molar-refractivity contribution is 5.85. The Morgan fingerprint density at radius 1 is 1.67 bits per heavy atom. The number of carboxylic acids is 1. The lowest BCUT2D eigenvalue weighted by Gasteiger charge is -1.92. The lowest BCUT2D eigenvalue weighted by molar-refractivity contribution is -0.131. The molecule has 1 N–H and O–H groups in total. The van der Waals surface area contributed by atoms with Gasteiger partial charge in [-0.3, -0.25) is 4.98 Å². The van der Waals surface area contributed by atoms with Crippen molar-refractivity contribution >= 4 is 12.0 Å². The Kier molecular flexibility index (Phi) is 2.53. The second-order valence-electron chi connectivity index (χ2n) is 2.07. The summed E-state index contributed by atoms with van der Waals surface area (Å²) < 4.78 is 12.7. The third-order valence-corrected chi connectivity index (χ3v) is 1.21. The molecule has 0 saturated heterocycles. The molecule has 0 fully saturated rings. The summed E-state index contributed by atoms with van der Waals surface area (Å²) in [7, 11) is 0. The van der Waals surface area contributed by atoms with Crippen LogP contribution < -0.4 is 0 Å². The van der Waals surface area contributed by atoms with E-state index < -0.39 is 11.8 Å². The van der Waals surface area contributed by atoms with Crippen molar-refractivity contribution in [3.8, 4) is 0 Å². The molecule has 0 spiro atoms. The Morgan fingerprint density at radius 2 is 2.42 bits per heavy atom. The van der Waals surface area contributed by atoms with Crippen molar-refractivity contribution < 1.29 is 14.3 Å². The van der Waals surface area contributed by atoms with Gasteiger partial charge in [-0.05, 0) is 12.1 Å². The first-order valence-electron chi connectivity index (χ1n) is 3.20. The molecule has 1 heterocycles. The van der Waals surface area contributed by atoms with Gasteiger partial charge in [-0.2, -0.15) is 0 Å². The minimum absolute atomic E-state index is 0.215. The Bertz CT molecular complexity index is 323. The molecule has 0 unspecified atom stereocenters. The molecule has 0 aliphatic heterocycles. The van der Waals surface area contributed by atoms with Gasteiger partial charge in [-0.15, -0.1) is 0 Å². The molecule has 1 rings (SSSR count). The van der Waals surface area contributed by atoms with E-state index in [4.69, 9.17) is 5.11 Å². The van der Waals surface area contributed by atoms with E-state index in [1.807, 2.05) is 0 Å². The number of hydrogen-bond acceptors (Lipinski definition) is 2. The van der Waals surface area contributed by atoms with Crippen LogP contribution in [0, 0.1) is 5.82 Å². The van der Waals surface area contributed by atoms with Crippen LogP contribution in [0.1, 0.15) is 5.56 Å². The summed E-state index contributed by atoms with van der Waals surface area (Å²) in [4.78, 5) is 13.6. The van der Waals surface area contributed by atoms with Gasteiger partial charge in [-0.1, -0.05) is 0 Å². The van der Waals surface area contributed by atoms with Gasteiger partial charge in [0.15, 0.2) is 0 Å². The van der Waals surface area contributed by atoms with E-state index in [2.05, 4.69) is 4.98 Å². The highest BCUT2D eigenvalue weighted by Gasteiger charge is 1.96. The number of hydrogen-bond donors (Lipinski definition) is 1. The fourth-order valence-corrected chi connectivity index (χ4v) is 0.682. The number of rotatable bonds is 2. The lowest BCUT2D eigenvalue weighted by atomic mass is 10.2. The maximum atomic E-state index is 12.7. The van der Waals surface area contributed by atoms with E-state index in [1.54, 1.807) is 0 Å². The number of aliphatic carboxylic acids is 1.